The molecular weight excluding hydrogens is 272 g/mol. The summed E-state index contributed by atoms with van der Waals surface area (Å²) in [5.74, 6) is -0.496. The van der Waals surface area contributed by atoms with Crippen LogP contribution in [0.5, 0.6) is 0 Å². The van der Waals surface area contributed by atoms with Gasteiger partial charge < -0.3 is 16.8 Å². The Morgan fingerprint density at radius 2 is 2.10 bits per heavy atom. The molecule has 0 saturated carbocycles. The average Bonchev–Trinajstić information content (AvgIpc) is 2.70. The van der Waals surface area contributed by atoms with E-state index in [1.54, 1.807) is 29.5 Å². The number of primary amides is 1. The Balaban J connectivity index is 2.35. The van der Waals surface area contributed by atoms with Crippen LogP contribution in [0.3, 0.4) is 0 Å². The van der Waals surface area contributed by atoms with Crippen LogP contribution in [0, 0.1) is 13.8 Å². The van der Waals surface area contributed by atoms with Gasteiger partial charge in [-0.1, -0.05) is 6.07 Å². The summed E-state index contributed by atoms with van der Waals surface area (Å²) in [6, 6.07) is 5.13. The molecule has 1 atom stereocenters. The third-order valence-electron chi connectivity index (χ3n) is 3.06. The van der Waals surface area contributed by atoms with E-state index >= 15 is 0 Å². The second kappa shape index (κ2) is 5.50. The van der Waals surface area contributed by atoms with Crippen LogP contribution in [0.15, 0.2) is 18.2 Å². The summed E-state index contributed by atoms with van der Waals surface area (Å²) in [7, 11) is 0. The number of hydrogen-bond acceptors (Lipinski definition) is 5. The average molecular weight is 290 g/mol. The number of thiazole rings is 1. The molecular formula is C14H18N4OS. The highest BCUT2D eigenvalue weighted by atomic mass is 32.1. The highest BCUT2D eigenvalue weighted by molar-refractivity contribution is 7.11. The fourth-order valence-electron chi connectivity index (χ4n) is 2.17. The molecule has 1 amide bonds. The molecule has 5 nitrogen and oxygen atoms in total. The van der Waals surface area contributed by atoms with E-state index in [0.29, 0.717) is 16.9 Å². The molecule has 0 radical (unpaired) electrons. The maximum atomic E-state index is 11.5. The van der Waals surface area contributed by atoms with Gasteiger partial charge in [0.05, 0.1) is 33.7 Å². The number of hydrogen-bond donors (Lipinski definition) is 3. The smallest absolute Gasteiger partial charge is 0.250 e. The van der Waals surface area contributed by atoms with Gasteiger partial charge in [-0.25, -0.2) is 4.98 Å². The van der Waals surface area contributed by atoms with Gasteiger partial charge in [-0.3, -0.25) is 4.79 Å². The van der Waals surface area contributed by atoms with Crippen LogP contribution >= 0.6 is 11.3 Å². The molecule has 0 spiro atoms. The SMILES string of the molecule is Cc1nc(C)c(C(C)Nc2c(N)cccc2C(N)=O)s1. The normalized spacial score (nSPS) is 12.2. The molecule has 0 aliphatic heterocycles. The number of nitrogen functional groups attached to an aromatic ring is 1. The molecule has 20 heavy (non-hydrogen) atoms. The van der Waals surface area contributed by atoms with Crippen LogP contribution in [0.25, 0.3) is 0 Å². The van der Waals surface area contributed by atoms with Crippen LogP contribution in [0.1, 0.15) is 38.9 Å². The monoisotopic (exact) mass is 290 g/mol. The summed E-state index contributed by atoms with van der Waals surface area (Å²) in [5.41, 5.74) is 13.8. The summed E-state index contributed by atoms with van der Waals surface area (Å²) in [5, 5.41) is 4.29. The molecule has 0 bridgehead atoms. The highest BCUT2D eigenvalue weighted by Crippen LogP contribution is 2.31. The molecule has 1 aromatic heterocycles. The van der Waals surface area contributed by atoms with Crippen molar-refractivity contribution in [2.24, 2.45) is 5.73 Å². The van der Waals surface area contributed by atoms with Gasteiger partial charge in [-0.2, -0.15) is 0 Å². The number of nitrogens with two attached hydrogens (primary N) is 2. The number of carbonyl (C=O) groups is 1. The molecule has 2 aromatic rings. The molecule has 1 aromatic carbocycles. The molecule has 2 rings (SSSR count). The van der Waals surface area contributed by atoms with E-state index in [2.05, 4.69) is 10.3 Å². The standard InChI is InChI=1S/C14H18N4OS/c1-7-13(20-9(3)17-7)8(2)18-12-10(14(16)19)5-4-6-11(12)15/h4-6,8,18H,15H2,1-3H3,(H2,16,19). The van der Waals surface area contributed by atoms with E-state index in [4.69, 9.17) is 11.5 Å². The first-order chi connectivity index (χ1) is 9.40. The molecule has 6 heteroatoms. The lowest BCUT2D eigenvalue weighted by Gasteiger charge is -2.18. The number of aryl methyl sites for hydroxylation is 2. The number of carbonyl (C=O) groups excluding carboxylic acids is 1. The van der Waals surface area contributed by atoms with Gasteiger partial charge in [-0.15, -0.1) is 11.3 Å². The Morgan fingerprint density at radius 3 is 2.65 bits per heavy atom. The Bertz CT molecular complexity index is 651. The maximum absolute atomic E-state index is 11.5. The van der Waals surface area contributed by atoms with Crippen LogP contribution in [-0.2, 0) is 0 Å². The minimum absolute atomic E-state index is 0.00370. The quantitative estimate of drug-likeness (QED) is 0.754. The Labute approximate surface area is 122 Å². The van der Waals surface area contributed by atoms with Gasteiger partial charge in [0.1, 0.15) is 0 Å². The molecule has 1 heterocycles. The molecule has 5 N–H and O–H groups in total. The Kier molecular flexibility index (Phi) is 3.94. The fourth-order valence-corrected chi connectivity index (χ4v) is 3.10. The lowest BCUT2D eigenvalue weighted by atomic mass is 10.1. The number of benzene rings is 1. The number of aromatic nitrogens is 1. The van der Waals surface area contributed by atoms with Crippen LogP contribution in [0.2, 0.25) is 0 Å². The number of anilines is 2. The molecule has 0 aliphatic carbocycles. The van der Waals surface area contributed by atoms with Crippen LogP contribution in [-0.4, -0.2) is 10.9 Å². The summed E-state index contributed by atoms with van der Waals surface area (Å²) >= 11 is 1.63. The second-order valence-corrected chi connectivity index (χ2v) is 5.92. The van der Waals surface area contributed by atoms with Crippen LogP contribution in [0.4, 0.5) is 11.4 Å². The lowest BCUT2D eigenvalue weighted by Crippen LogP contribution is -2.17. The van der Waals surface area contributed by atoms with Crippen molar-refractivity contribution in [3.05, 3.63) is 39.3 Å². The van der Waals surface area contributed by atoms with Gasteiger partial charge in [0.2, 0.25) is 0 Å². The second-order valence-electron chi connectivity index (χ2n) is 4.68. The zero-order valence-corrected chi connectivity index (χ0v) is 12.5. The summed E-state index contributed by atoms with van der Waals surface area (Å²) in [6.45, 7) is 5.96. The van der Waals surface area contributed by atoms with Crippen molar-refractivity contribution in [1.82, 2.24) is 4.98 Å². The van der Waals surface area contributed by atoms with Crippen molar-refractivity contribution in [2.45, 2.75) is 26.8 Å². The molecule has 106 valence electrons. The minimum Gasteiger partial charge on any atom is -0.397 e. The first kappa shape index (κ1) is 14.3. The van der Waals surface area contributed by atoms with E-state index in [1.165, 1.54) is 0 Å². The predicted octanol–water partition coefficient (Wildman–Crippen LogP) is 2.61. The topological polar surface area (TPSA) is 94.0 Å². The van der Waals surface area contributed by atoms with Gasteiger partial charge in [0.15, 0.2) is 0 Å². The van der Waals surface area contributed by atoms with Crippen molar-refractivity contribution < 1.29 is 4.79 Å². The fraction of sp³-hybridized carbons (Fsp3) is 0.286. The summed E-state index contributed by atoms with van der Waals surface area (Å²) in [4.78, 5) is 17.0. The highest BCUT2D eigenvalue weighted by Gasteiger charge is 2.17. The lowest BCUT2D eigenvalue weighted by molar-refractivity contribution is 0.100. The van der Waals surface area contributed by atoms with Gasteiger partial charge in [0.25, 0.3) is 5.91 Å². The third kappa shape index (κ3) is 2.75. The molecule has 0 saturated heterocycles. The minimum atomic E-state index is -0.496. The number of nitrogens with one attached hydrogen (secondary N) is 1. The van der Waals surface area contributed by atoms with Crippen molar-refractivity contribution in [2.75, 3.05) is 11.1 Å². The van der Waals surface area contributed by atoms with E-state index in [-0.39, 0.29) is 6.04 Å². The van der Waals surface area contributed by atoms with E-state index in [9.17, 15) is 4.79 Å². The Morgan fingerprint density at radius 1 is 1.40 bits per heavy atom. The van der Waals surface area contributed by atoms with E-state index < -0.39 is 5.91 Å². The molecule has 0 aliphatic rings. The Hall–Kier alpha value is -2.08. The maximum Gasteiger partial charge on any atom is 0.250 e. The van der Waals surface area contributed by atoms with Gasteiger partial charge >= 0.3 is 0 Å². The van der Waals surface area contributed by atoms with Crippen molar-refractivity contribution in [1.29, 1.82) is 0 Å². The van der Waals surface area contributed by atoms with Crippen molar-refractivity contribution in [3.8, 4) is 0 Å². The third-order valence-corrected chi connectivity index (χ3v) is 4.31. The zero-order chi connectivity index (χ0) is 14.9. The van der Waals surface area contributed by atoms with E-state index in [0.717, 1.165) is 15.6 Å². The number of amides is 1. The first-order valence-corrected chi connectivity index (χ1v) is 7.10. The zero-order valence-electron chi connectivity index (χ0n) is 11.7. The molecule has 1 unspecified atom stereocenters. The van der Waals surface area contributed by atoms with Crippen LogP contribution < -0.4 is 16.8 Å². The van der Waals surface area contributed by atoms with Crippen molar-refractivity contribution in [3.63, 3.8) is 0 Å². The number of nitrogens with zero attached hydrogens (tertiary/aromatic N) is 1. The number of rotatable bonds is 4. The van der Waals surface area contributed by atoms with E-state index in [1.807, 2.05) is 20.8 Å². The number of para-hydroxylation sites is 1. The first-order valence-electron chi connectivity index (χ1n) is 6.29. The van der Waals surface area contributed by atoms with Crippen molar-refractivity contribution >= 4 is 28.6 Å². The van der Waals surface area contributed by atoms with Gasteiger partial charge in [-0.05, 0) is 32.9 Å². The summed E-state index contributed by atoms with van der Waals surface area (Å²) < 4.78 is 0. The van der Waals surface area contributed by atoms with Gasteiger partial charge in [0, 0.05) is 4.88 Å². The predicted molar refractivity (Wildman–Crippen MR) is 83.0 cm³/mol. The summed E-state index contributed by atoms with van der Waals surface area (Å²) in [6.07, 6.45) is 0. The largest absolute Gasteiger partial charge is 0.397 e. The molecule has 0 fully saturated rings.